The molecule has 126 valence electrons. The minimum atomic E-state index is -0.879. The molecule has 1 atom stereocenters. The average Bonchev–Trinajstić information content (AvgIpc) is 2.89. The van der Waals surface area contributed by atoms with Crippen molar-refractivity contribution in [2.24, 2.45) is 0 Å². The van der Waals surface area contributed by atoms with E-state index in [1.807, 2.05) is 26.0 Å². The van der Waals surface area contributed by atoms with Crippen molar-refractivity contribution in [2.45, 2.75) is 20.0 Å². The van der Waals surface area contributed by atoms with Gasteiger partial charge in [0.15, 0.2) is 0 Å². The third-order valence-electron chi connectivity index (χ3n) is 3.97. The number of aliphatic hydroxyl groups excluding tert-OH is 1. The lowest BCUT2D eigenvalue weighted by molar-refractivity contribution is 0.213. The number of aliphatic hydroxyl groups is 1. The summed E-state index contributed by atoms with van der Waals surface area (Å²) in [6.07, 6.45) is 0.768. The third kappa shape index (κ3) is 3.31. The van der Waals surface area contributed by atoms with Gasteiger partial charge in [-0.2, -0.15) is 10.4 Å². The van der Waals surface area contributed by atoms with Crippen molar-refractivity contribution in [3.05, 3.63) is 74.2 Å². The van der Waals surface area contributed by atoms with Crippen LogP contribution in [-0.2, 0) is 0 Å². The Hall–Kier alpha value is -2.20. The van der Waals surface area contributed by atoms with Gasteiger partial charge in [0.2, 0.25) is 0 Å². The van der Waals surface area contributed by atoms with Crippen molar-refractivity contribution in [1.82, 2.24) is 14.8 Å². The molecule has 0 bridgehead atoms. The highest BCUT2D eigenvalue weighted by molar-refractivity contribution is 9.10. The molecule has 5 nitrogen and oxygen atoms in total. The molecular formula is C18H14BrClN4O. The maximum absolute atomic E-state index is 10.7. The SMILES string of the molecule is Cc1nn(-c2ccc(C#N)c(Cl)c2)c(C)c1C(O)c1ccc(Br)cn1. The normalized spacial score (nSPS) is 12.0. The van der Waals surface area contributed by atoms with Crippen LogP contribution < -0.4 is 0 Å². The van der Waals surface area contributed by atoms with E-state index in [9.17, 15) is 5.11 Å². The Morgan fingerprint density at radius 1 is 1.28 bits per heavy atom. The van der Waals surface area contributed by atoms with Crippen molar-refractivity contribution in [3.8, 4) is 11.8 Å². The molecule has 0 aliphatic carbocycles. The van der Waals surface area contributed by atoms with Crippen LogP contribution in [0.3, 0.4) is 0 Å². The van der Waals surface area contributed by atoms with Gasteiger partial charge in [0, 0.05) is 21.9 Å². The molecule has 2 aromatic heterocycles. The van der Waals surface area contributed by atoms with Crippen molar-refractivity contribution in [1.29, 1.82) is 5.26 Å². The van der Waals surface area contributed by atoms with Crippen LogP contribution in [0.2, 0.25) is 5.02 Å². The number of nitriles is 1. The standard InChI is InChI=1S/C18H14BrClN4O/c1-10-17(18(25)16-6-4-13(19)9-22-16)11(2)24(23-10)14-5-3-12(8-21)15(20)7-14/h3-7,9,18,25H,1-2H3. The summed E-state index contributed by atoms with van der Waals surface area (Å²) < 4.78 is 2.56. The van der Waals surface area contributed by atoms with Gasteiger partial charge in [-0.25, -0.2) is 4.68 Å². The van der Waals surface area contributed by atoms with E-state index in [0.717, 1.165) is 15.9 Å². The van der Waals surface area contributed by atoms with Crippen molar-refractivity contribution in [2.75, 3.05) is 0 Å². The Morgan fingerprint density at radius 3 is 2.64 bits per heavy atom. The average molecular weight is 418 g/mol. The van der Waals surface area contributed by atoms with Crippen LogP contribution in [0.1, 0.15) is 34.3 Å². The van der Waals surface area contributed by atoms with Crippen LogP contribution in [0.4, 0.5) is 0 Å². The topological polar surface area (TPSA) is 74.7 Å². The lowest BCUT2D eigenvalue weighted by atomic mass is 10.0. The zero-order chi connectivity index (χ0) is 18.1. The molecule has 25 heavy (non-hydrogen) atoms. The number of aromatic nitrogens is 3. The molecule has 0 spiro atoms. The van der Waals surface area contributed by atoms with E-state index in [1.165, 1.54) is 0 Å². The number of aryl methyl sites for hydroxylation is 1. The monoisotopic (exact) mass is 416 g/mol. The molecule has 1 unspecified atom stereocenters. The van der Waals surface area contributed by atoms with E-state index in [2.05, 4.69) is 26.0 Å². The quantitative estimate of drug-likeness (QED) is 0.691. The van der Waals surface area contributed by atoms with Gasteiger partial charge in [-0.05, 0) is 60.1 Å². The molecule has 0 aliphatic heterocycles. The summed E-state index contributed by atoms with van der Waals surface area (Å²) in [6, 6.07) is 10.8. The Labute approximate surface area is 158 Å². The van der Waals surface area contributed by atoms with E-state index in [0.29, 0.717) is 27.5 Å². The molecule has 3 aromatic rings. The number of rotatable bonds is 3. The Kier molecular flexibility index (Phi) is 4.91. The van der Waals surface area contributed by atoms with Crippen LogP contribution in [-0.4, -0.2) is 19.9 Å². The predicted octanol–water partition coefficient (Wildman–Crippen LogP) is 4.25. The molecule has 1 aromatic carbocycles. The first-order valence-electron chi connectivity index (χ1n) is 7.48. The molecule has 0 saturated carbocycles. The molecule has 3 rings (SSSR count). The Bertz CT molecular complexity index is 976. The summed E-state index contributed by atoms with van der Waals surface area (Å²) in [5, 5.41) is 24.6. The van der Waals surface area contributed by atoms with E-state index >= 15 is 0 Å². The number of nitrogens with zero attached hydrogens (tertiary/aromatic N) is 4. The highest BCUT2D eigenvalue weighted by Gasteiger charge is 2.22. The summed E-state index contributed by atoms with van der Waals surface area (Å²) in [5.74, 6) is 0. The summed E-state index contributed by atoms with van der Waals surface area (Å²) >= 11 is 9.46. The molecule has 0 fully saturated rings. The summed E-state index contributed by atoms with van der Waals surface area (Å²) in [4.78, 5) is 4.26. The lowest BCUT2D eigenvalue weighted by Crippen LogP contribution is -2.05. The Morgan fingerprint density at radius 2 is 2.04 bits per heavy atom. The Balaban J connectivity index is 2.05. The first-order chi connectivity index (χ1) is 11.9. The highest BCUT2D eigenvalue weighted by Crippen LogP contribution is 2.29. The van der Waals surface area contributed by atoms with Gasteiger partial charge in [0.1, 0.15) is 12.2 Å². The van der Waals surface area contributed by atoms with Gasteiger partial charge < -0.3 is 5.11 Å². The molecule has 0 amide bonds. The number of halogens is 2. The number of pyridine rings is 1. The lowest BCUT2D eigenvalue weighted by Gasteiger charge is -2.12. The molecular weight excluding hydrogens is 404 g/mol. The van der Waals surface area contributed by atoms with Gasteiger partial charge in [0.05, 0.1) is 27.7 Å². The second-order valence-corrected chi connectivity index (χ2v) is 6.90. The molecule has 7 heteroatoms. The zero-order valence-corrected chi connectivity index (χ0v) is 15.9. The fourth-order valence-corrected chi connectivity index (χ4v) is 3.18. The minimum absolute atomic E-state index is 0.365. The second-order valence-electron chi connectivity index (χ2n) is 5.58. The van der Waals surface area contributed by atoms with Crippen LogP contribution in [0.5, 0.6) is 0 Å². The molecule has 0 saturated heterocycles. The maximum atomic E-state index is 10.7. The van der Waals surface area contributed by atoms with Crippen molar-refractivity contribution < 1.29 is 5.11 Å². The highest BCUT2D eigenvalue weighted by atomic mass is 79.9. The fraction of sp³-hybridized carbons (Fsp3) is 0.167. The second kappa shape index (κ2) is 6.96. The first kappa shape index (κ1) is 17.6. The summed E-state index contributed by atoms with van der Waals surface area (Å²) in [5.41, 5.74) is 3.88. The van der Waals surface area contributed by atoms with Crippen molar-refractivity contribution in [3.63, 3.8) is 0 Å². The van der Waals surface area contributed by atoms with Crippen LogP contribution in [0.15, 0.2) is 41.0 Å². The minimum Gasteiger partial charge on any atom is -0.382 e. The molecule has 0 aliphatic rings. The van der Waals surface area contributed by atoms with Gasteiger partial charge in [-0.3, -0.25) is 4.98 Å². The van der Waals surface area contributed by atoms with E-state index < -0.39 is 6.10 Å². The number of hydrogen-bond donors (Lipinski definition) is 1. The van der Waals surface area contributed by atoms with Gasteiger partial charge in [-0.1, -0.05) is 11.6 Å². The molecule has 0 radical (unpaired) electrons. The van der Waals surface area contributed by atoms with Crippen LogP contribution in [0.25, 0.3) is 5.69 Å². The summed E-state index contributed by atoms with van der Waals surface area (Å²) in [6.45, 7) is 3.72. The van der Waals surface area contributed by atoms with Gasteiger partial charge >= 0.3 is 0 Å². The first-order valence-corrected chi connectivity index (χ1v) is 8.65. The van der Waals surface area contributed by atoms with Crippen LogP contribution >= 0.6 is 27.5 Å². The molecule has 1 N–H and O–H groups in total. The van der Waals surface area contributed by atoms with Crippen LogP contribution in [0, 0.1) is 25.2 Å². The number of benzene rings is 1. The van der Waals surface area contributed by atoms with E-state index in [1.54, 1.807) is 35.1 Å². The molecule has 2 heterocycles. The summed E-state index contributed by atoms with van der Waals surface area (Å²) in [7, 11) is 0. The number of hydrogen-bond acceptors (Lipinski definition) is 4. The van der Waals surface area contributed by atoms with Gasteiger partial charge in [-0.15, -0.1) is 0 Å². The largest absolute Gasteiger partial charge is 0.382 e. The van der Waals surface area contributed by atoms with Gasteiger partial charge in [0.25, 0.3) is 0 Å². The predicted molar refractivity (Wildman–Crippen MR) is 98.8 cm³/mol. The third-order valence-corrected chi connectivity index (χ3v) is 4.75. The fourth-order valence-electron chi connectivity index (χ4n) is 2.73. The zero-order valence-electron chi connectivity index (χ0n) is 13.5. The maximum Gasteiger partial charge on any atom is 0.125 e. The van der Waals surface area contributed by atoms with Crippen molar-refractivity contribution >= 4 is 27.5 Å². The smallest absolute Gasteiger partial charge is 0.125 e. The van der Waals surface area contributed by atoms with E-state index in [4.69, 9.17) is 16.9 Å². The van der Waals surface area contributed by atoms with E-state index in [-0.39, 0.29) is 0 Å².